The molecule has 1 heterocycles. The van der Waals surface area contributed by atoms with Gasteiger partial charge in [0, 0.05) is 38.8 Å². The summed E-state index contributed by atoms with van der Waals surface area (Å²) in [5, 5.41) is 18.8. The molecule has 1 saturated carbocycles. The van der Waals surface area contributed by atoms with E-state index in [4.69, 9.17) is 16.0 Å². The van der Waals surface area contributed by atoms with Crippen LogP contribution in [0, 0.1) is 10.8 Å². The quantitative estimate of drug-likeness (QED) is 0.318. The number of rotatable bonds is 7. The summed E-state index contributed by atoms with van der Waals surface area (Å²) in [6.07, 6.45) is 9.90. The van der Waals surface area contributed by atoms with E-state index >= 15 is 0 Å². The monoisotopic (exact) mass is 474 g/mol. The number of aliphatic hydroxyl groups is 1. The first-order chi connectivity index (χ1) is 13.1. The Morgan fingerprint density at radius 1 is 1.36 bits per heavy atom. The number of nitrogens with one attached hydrogen (secondary N) is 2. The summed E-state index contributed by atoms with van der Waals surface area (Å²) < 4.78 is 1.43. The molecule has 0 bridgehead atoms. The molecule has 1 fully saturated rings. The Morgan fingerprint density at radius 2 is 2.00 bits per heavy atom. The van der Waals surface area contributed by atoms with Crippen LogP contribution in [0.5, 0.6) is 0 Å². The number of carbonyl (C=O) groups excluding carboxylic acids is 1. The predicted octanol–water partition coefficient (Wildman–Crippen LogP) is 2.40. The first-order valence-corrected chi connectivity index (χ1v) is 9.38. The normalized spacial score (nSPS) is 12.9. The molecule has 0 aliphatic heterocycles. The second-order valence-electron chi connectivity index (χ2n) is 5.78. The maximum atomic E-state index is 11.5. The average Bonchev–Trinajstić information content (AvgIpc) is 2.73. The van der Waals surface area contributed by atoms with E-state index in [1.165, 1.54) is 42.9 Å². The Labute approximate surface area is 192 Å². The van der Waals surface area contributed by atoms with Gasteiger partial charge in [0.25, 0.3) is 5.91 Å². The van der Waals surface area contributed by atoms with Crippen LogP contribution in [-0.4, -0.2) is 41.0 Å². The molecule has 4 N–H and O–H groups in total. The molecule has 1 amide bonds. The molecule has 2 rings (SSSR count). The van der Waals surface area contributed by atoms with Crippen molar-refractivity contribution < 1.29 is 62.3 Å². The number of hydrogen-bond acceptors (Lipinski definition) is 4. The molecule has 0 spiro atoms. The molecule has 1 aromatic heterocycles. The van der Waals surface area contributed by atoms with E-state index in [9.17, 15) is 9.70 Å². The van der Waals surface area contributed by atoms with Gasteiger partial charge in [-0.3, -0.25) is 4.79 Å². The molecule has 0 aromatic carbocycles. The van der Waals surface area contributed by atoms with Gasteiger partial charge in [0.15, 0.2) is 19.0 Å². The summed E-state index contributed by atoms with van der Waals surface area (Å²) in [6.45, 7) is 4.38. The van der Waals surface area contributed by atoms with E-state index in [-0.39, 0.29) is 58.5 Å². The largest absolute Gasteiger partial charge is 0.677 e. The molecule has 10 heteroatoms. The third kappa shape index (κ3) is 13.9. The minimum atomic E-state index is -0.672. The zero-order valence-corrected chi connectivity index (χ0v) is 19.7. The van der Waals surface area contributed by atoms with Crippen molar-refractivity contribution in [3.05, 3.63) is 40.7 Å². The predicted molar refractivity (Wildman–Crippen MR) is 99.7 cm³/mol. The summed E-state index contributed by atoms with van der Waals surface area (Å²) in [4.78, 5) is 25.6. The maximum Gasteiger partial charge on any atom is 0.475 e. The van der Waals surface area contributed by atoms with Crippen LogP contribution in [0.15, 0.2) is 24.5 Å². The molecule has 0 unspecified atom stereocenters. The first-order valence-electron chi connectivity index (χ1n) is 9.38. The van der Waals surface area contributed by atoms with Crippen molar-refractivity contribution in [1.82, 2.24) is 5.32 Å². The Morgan fingerprint density at radius 3 is 2.50 bits per heavy atom. The van der Waals surface area contributed by atoms with Gasteiger partial charge in [0.1, 0.15) is 10.5 Å². The van der Waals surface area contributed by atoms with E-state index in [0.717, 1.165) is 5.92 Å². The van der Waals surface area contributed by atoms with Crippen molar-refractivity contribution in [1.29, 1.82) is 0 Å². The van der Waals surface area contributed by atoms with Gasteiger partial charge in [0.2, 0.25) is 6.73 Å². The van der Waals surface area contributed by atoms with Crippen molar-refractivity contribution in [2.24, 2.45) is 5.92 Å². The smallest absolute Gasteiger partial charge is 0.475 e. The molecule has 0 atom stereocenters. The fourth-order valence-electron chi connectivity index (χ4n) is 2.53. The standard InChI is InChI=1S/C9H12N3O5.C7H14N.C2H6.Y/c13-7-11-4-1-2-8(6-11)9(14)10-3-5-17-12(15)16;8-6-7-4-2-1-3-5-7;1-2;/h1-2,4,6,13H,3,5,7H2,(H-,10,14,15,16);7-8H,1-6H2;1-2H3;/q+1;-1;;/p+1. The van der Waals surface area contributed by atoms with Gasteiger partial charge < -0.3 is 16.2 Å². The fourth-order valence-corrected chi connectivity index (χ4v) is 2.53. The minimum absolute atomic E-state index is 0. The molecule has 157 valence electrons. The molecule has 1 aliphatic carbocycles. The molecule has 1 aliphatic rings. The van der Waals surface area contributed by atoms with E-state index < -0.39 is 5.09 Å². The van der Waals surface area contributed by atoms with Crippen molar-refractivity contribution in [3.63, 3.8) is 0 Å². The molecule has 28 heavy (non-hydrogen) atoms. The second-order valence-corrected chi connectivity index (χ2v) is 5.78. The SMILES string of the molecule is CC.O=C(NCCO[N+](=O)O)c1ccc[n+](CO)c1.[NH-]CC1CCCCC1.[Y]. The number of nitrogens with zero attached hydrogens (tertiary/aromatic N) is 2. The van der Waals surface area contributed by atoms with Gasteiger partial charge in [-0.25, -0.2) is 5.21 Å². The minimum Gasteiger partial charge on any atom is -0.677 e. The van der Waals surface area contributed by atoms with Crippen LogP contribution in [0.2, 0.25) is 0 Å². The fraction of sp³-hybridized carbons (Fsp3) is 0.667. The van der Waals surface area contributed by atoms with Crippen molar-refractivity contribution in [2.45, 2.75) is 52.7 Å². The zero-order valence-electron chi connectivity index (χ0n) is 16.8. The van der Waals surface area contributed by atoms with Crippen molar-refractivity contribution >= 4 is 5.91 Å². The molecular formula is C18H33N4O5Y+. The van der Waals surface area contributed by atoms with Crippen LogP contribution in [0.3, 0.4) is 0 Å². The average molecular weight is 474 g/mol. The summed E-state index contributed by atoms with van der Waals surface area (Å²) in [5.74, 6) is 0.385. The number of amides is 1. The number of aromatic nitrogens is 1. The van der Waals surface area contributed by atoms with Crippen molar-refractivity contribution in [3.8, 4) is 0 Å². The number of aliphatic hydroxyl groups excluding tert-OH is 1. The van der Waals surface area contributed by atoms with Gasteiger partial charge in [-0.2, -0.15) is 9.40 Å². The molecule has 0 saturated heterocycles. The van der Waals surface area contributed by atoms with E-state index in [1.54, 1.807) is 18.3 Å². The topological polar surface area (TPSA) is 127 Å². The van der Waals surface area contributed by atoms with Crippen LogP contribution in [-0.2, 0) is 44.3 Å². The third-order valence-electron chi connectivity index (χ3n) is 3.89. The third-order valence-corrected chi connectivity index (χ3v) is 3.89. The molecule has 1 aromatic rings. The van der Waals surface area contributed by atoms with Crippen LogP contribution >= 0.6 is 0 Å². The number of carbonyl (C=O) groups is 1. The van der Waals surface area contributed by atoms with Crippen LogP contribution in [0.4, 0.5) is 0 Å². The van der Waals surface area contributed by atoms with Crippen LogP contribution in [0.25, 0.3) is 5.73 Å². The summed E-state index contributed by atoms with van der Waals surface area (Å²) in [5.41, 5.74) is 7.46. The maximum absolute atomic E-state index is 11.5. The van der Waals surface area contributed by atoms with E-state index in [1.807, 2.05) is 13.8 Å². The molecular weight excluding hydrogens is 441 g/mol. The van der Waals surface area contributed by atoms with Gasteiger partial charge in [-0.1, -0.05) is 51.9 Å². The Hall–Kier alpha value is -1.16. The van der Waals surface area contributed by atoms with Gasteiger partial charge in [-0.15, -0.1) is 6.54 Å². The molecule has 9 nitrogen and oxygen atoms in total. The summed E-state index contributed by atoms with van der Waals surface area (Å²) in [6, 6.07) is 3.20. The Kier molecular flexibility index (Phi) is 19.9. The summed E-state index contributed by atoms with van der Waals surface area (Å²) in [7, 11) is 0. The number of hydrogen-bond donors (Lipinski definition) is 3. The van der Waals surface area contributed by atoms with Crippen molar-refractivity contribution in [2.75, 3.05) is 19.7 Å². The Balaban J connectivity index is 0. The summed E-state index contributed by atoms with van der Waals surface area (Å²) >= 11 is 0. The van der Waals surface area contributed by atoms with Gasteiger partial charge >= 0.3 is 5.09 Å². The van der Waals surface area contributed by atoms with E-state index in [0.29, 0.717) is 12.1 Å². The van der Waals surface area contributed by atoms with E-state index in [2.05, 4.69) is 10.2 Å². The van der Waals surface area contributed by atoms with Gasteiger partial charge in [0.05, 0.1) is 6.54 Å². The van der Waals surface area contributed by atoms with Crippen LogP contribution < -0.4 is 9.88 Å². The van der Waals surface area contributed by atoms with Gasteiger partial charge in [-0.05, 0) is 6.07 Å². The number of pyridine rings is 1. The van der Waals surface area contributed by atoms with Crippen LogP contribution in [0.1, 0.15) is 56.3 Å². The Bertz CT molecular complexity index is 542. The zero-order chi connectivity index (χ0) is 20.5. The molecule has 1 radical (unpaired) electrons. The first kappa shape index (κ1) is 29.0. The second kappa shape index (κ2) is 19.2.